The molecule has 0 fully saturated rings. The van der Waals surface area contributed by atoms with Crippen molar-refractivity contribution < 1.29 is 29.1 Å². The first-order valence-corrected chi connectivity index (χ1v) is 10.7. The van der Waals surface area contributed by atoms with E-state index in [1.165, 1.54) is 13.8 Å². The fraction of sp³-hybridized carbons (Fsp3) is 0.409. The molecule has 0 spiro atoms. The van der Waals surface area contributed by atoms with E-state index in [2.05, 4.69) is 20.9 Å². The van der Waals surface area contributed by atoms with Crippen molar-refractivity contribution in [3.05, 3.63) is 36.0 Å². The molecule has 4 unspecified atom stereocenters. The van der Waals surface area contributed by atoms with Crippen molar-refractivity contribution in [1.29, 1.82) is 0 Å². The van der Waals surface area contributed by atoms with Gasteiger partial charge in [-0.15, -0.1) is 0 Å². The Morgan fingerprint density at radius 1 is 0.971 bits per heavy atom. The average molecular weight is 475 g/mol. The van der Waals surface area contributed by atoms with Crippen molar-refractivity contribution in [3.8, 4) is 0 Å². The molecule has 1 aromatic carbocycles. The fourth-order valence-corrected chi connectivity index (χ4v) is 3.26. The summed E-state index contributed by atoms with van der Waals surface area (Å²) in [6.45, 7) is 2.79. The topological polar surface area (TPSA) is 209 Å². The Balaban J connectivity index is 1.86. The number of carboxylic acids is 1. The van der Waals surface area contributed by atoms with Crippen molar-refractivity contribution >= 4 is 40.5 Å². The smallest absolute Gasteiger partial charge is 0.326 e. The van der Waals surface area contributed by atoms with Gasteiger partial charge in [0.2, 0.25) is 23.6 Å². The first-order chi connectivity index (χ1) is 16.0. The summed E-state index contributed by atoms with van der Waals surface area (Å²) in [5.74, 6) is -3.99. The number of amides is 4. The number of nitrogens with two attached hydrogens (primary N) is 2. The summed E-state index contributed by atoms with van der Waals surface area (Å²) in [5.41, 5.74) is 12.8. The lowest BCUT2D eigenvalue weighted by Crippen LogP contribution is -2.55. The van der Waals surface area contributed by atoms with Crippen LogP contribution in [0.3, 0.4) is 0 Å². The minimum atomic E-state index is -1.34. The summed E-state index contributed by atoms with van der Waals surface area (Å²) >= 11 is 0. The number of para-hydroxylation sites is 1. The maximum Gasteiger partial charge on any atom is 0.326 e. The lowest BCUT2D eigenvalue weighted by molar-refractivity contribution is -0.142. The van der Waals surface area contributed by atoms with Gasteiger partial charge in [-0.05, 0) is 38.3 Å². The molecule has 12 heteroatoms. The summed E-state index contributed by atoms with van der Waals surface area (Å²) in [4.78, 5) is 62.4. The van der Waals surface area contributed by atoms with E-state index in [0.29, 0.717) is 0 Å². The van der Waals surface area contributed by atoms with E-state index in [4.69, 9.17) is 11.5 Å². The maximum absolute atomic E-state index is 12.5. The van der Waals surface area contributed by atoms with Crippen LogP contribution in [0.15, 0.2) is 30.5 Å². The molecule has 2 rings (SSSR count). The maximum atomic E-state index is 12.5. The van der Waals surface area contributed by atoms with Crippen LogP contribution in [0.5, 0.6) is 0 Å². The number of nitrogens with one attached hydrogen (secondary N) is 4. The number of aromatic nitrogens is 1. The average Bonchev–Trinajstić information content (AvgIpc) is 3.18. The first kappa shape index (κ1) is 26.3. The summed E-state index contributed by atoms with van der Waals surface area (Å²) in [7, 11) is 0. The molecule has 4 atom stereocenters. The van der Waals surface area contributed by atoms with Gasteiger partial charge in [-0.2, -0.15) is 0 Å². The second-order valence-corrected chi connectivity index (χ2v) is 8.04. The van der Waals surface area contributed by atoms with Crippen LogP contribution in [0.2, 0.25) is 0 Å². The molecular weight excluding hydrogens is 444 g/mol. The Labute approximate surface area is 195 Å². The molecule has 0 saturated heterocycles. The van der Waals surface area contributed by atoms with E-state index in [0.717, 1.165) is 16.5 Å². The number of rotatable bonds is 12. The van der Waals surface area contributed by atoms with Crippen molar-refractivity contribution in [1.82, 2.24) is 20.9 Å². The largest absolute Gasteiger partial charge is 0.480 e. The molecule has 2 aromatic rings. The minimum Gasteiger partial charge on any atom is -0.480 e. The number of carbonyl (C=O) groups is 5. The number of aliphatic carboxylic acids is 1. The van der Waals surface area contributed by atoms with Crippen molar-refractivity contribution in [2.24, 2.45) is 11.5 Å². The molecule has 1 heterocycles. The van der Waals surface area contributed by atoms with Crippen LogP contribution < -0.4 is 27.4 Å². The van der Waals surface area contributed by atoms with E-state index in [1.54, 1.807) is 6.20 Å². The highest BCUT2D eigenvalue weighted by atomic mass is 16.4. The second kappa shape index (κ2) is 11.8. The van der Waals surface area contributed by atoms with Crippen LogP contribution in [0.4, 0.5) is 0 Å². The molecule has 34 heavy (non-hydrogen) atoms. The highest BCUT2D eigenvalue weighted by Gasteiger charge is 2.26. The van der Waals surface area contributed by atoms with Crippen LogP contribution in [0, 0.1) is 0 Å². The van der Waals surface area contributed by atoms with Gasteiger partial charge in [0.1, 0.15) is 18.1 Å². The van der Waals surface area contributed by atoms with Crippen molar-refractivity contribution in [2.45, 2.75) is 57.3 Å². The number of carbonyl (C=O) groups excluding carboxylic acids is 4. The predicted molar refractivity (Wildman–Crippen MR) is 123 cm³/mol. The molecule has 0 aliphatic carbocycles. The summed E-state index contributed by atoms with van der Waals surface area (Å²) < 4.78 is 0. The fourth-order valence-electron chi connectivity index (χ4n) is 3.26. The van der Waals surface area contributed by atoms with Crippen molar-refractivity contribution in [3.63, 3.8) is 0 Å². The molecular formula is C22H30N6O6. The summed E-state index contributed by atoms with van der Waals surface area (Å²) in [6.07, 6.45) is 1.63. The van der Waals surface area contributed by atoms with Crippen LogP contribution in [0.1, 0.15) is 32.3 Å². The number of aromatic amines is 1. The van der Waals surface area contributed by atoms with E-state index >= 15 is 0 Å². The van der Waals surface area contributed by atoms with Gasteiger partial charge in [0, 0.05) is 23.5 Å². The molecule has 1 aromatic heterocycles. The van der Waals surface area contributed by atoms with Gasteiger partial charge in [0.05, 0.1) is 6.04 Å². The Hall–Kier alpha value is -3.93. The van der Waals surface area contributed by atoms with E-state index in [9.17, 15) is 29.1 Å². The minimum absolute atomic E-state index is 0.183. The first-order valence-electron chi connectivity index (χ1n) is 10.7. The highest BCUT2D eigenvalue weighted by molar-refractivity contribution is 5.94. The molecule has 0 radical (unpaired) electrons. The number of H-pyrrole nitrogens is 1. The normalized spacial score (nSPS) is 14.4. The van der Waals surface area contributed by atoms with Crippen molar-refractivity contribution in [2.75, 3.05) is 0 Å². The summed E-state index contributed by atoms with van der Waals surface area (Å²) in [5, 5.41) is 17.3. The monoisotopic (exact) mass is 474 g/mol. The molecule has 12 nitrogen and oxygen atoms in total. The van der Waals surface area contributed by atoms with Crippen LogP contribution in [0.25, 0.3) is 10.9 Å². The standard InChI is InChI=1S/C22H30N6O6/c1-11(19(30)26-12(2)20(31)28-17(22(33)34)7-8-18(24)29)27-21(32)15(23)9-13-10-25-16-6-4-3-5-14(13)16/h3-6,10-12,15,17,25H,7-9,23H2,1-2H3,(H2,24,29)(H,26,30)(H,27,32)(H,28,31)(H,33,34). The molecule has 4 amide bonds. The van der Waals surface area contributed by atoms with Gasteiger partial charge in [-0.25, -0.2) is 4.79 Å². The van der Waals surface area contributed by atoms with Crippen LogP contribution in [-0.2, 0) is 30.4 Å². The predicted octanol–water partition coefficient (Wildman–Crippen LogP) is -1.12. The number of hydrogen-bond acceptors (Lipinski definition) is 6. The zero-order chi connectivity index (χ0) is 25.4. The number of hydrogen-bond donors (Lipinski definition) is 7. The zero-order valence-corrected chi connectivity index (χ0v) is 19.0. The third kappa shape index (κ3) is 7.30. The summed E-state index contributed by atoms with van der Waals surface area (Å²) in [6, 6.07) is 3.26. The van der Waals surface area contributed by atoms with E-state index in [1.807, 2.05) is 24.3 Å². The van der Waals surface area contributed by atoms with Crippen LogP contribution >= 0.6 is 0 Å². The lowest BCUT2D eigenvalue weighted by Gasteiger charge is -2.21. The molecule has 184 valence electrons. The molecule has 0 aliphatic heterocycles. The third-order valence-corrected chi connectivity index (χ3v) is 5.25. The second-order valence-electron chi connectivity index (χ2n) is 8.04. The quantitative estimate of drug-likeness (QED) is 0.201. The van der Waals surface area contributed by atoms with Gasteiger partial charge in [0.15, 0.2) is 0 Å². The van der Waals surface area contributed by atoms with E-state index < -0.39 is 53.8 Å². The van der Waals surface area contributed by atoms with Crippen LogP contribution in [-0.4, -0.2) is 63.9 Å². The Kier molecular flexibility index (Phi) is 9.13. The Morgan fingerprint density at radius 3 is 2.18 bits per heavy atom. The molecule has 0 bridgehead atoms. The zero-order valence-electron chi connectivity index (χ0n) is 19.0. The van der Waals surface area contributed by atoms with Gasteiger partial charge < -0.3 is 37.5 Å². The Morgan fingerprint density at radius 2 is 1.56 bits per heavy atom. The SMILES string of the molecule is CC(NC(=O)C(N)Cc1c[nH]c2ccccc12)C(=O)NC(C)C(=O)NC(CCC(N)=O)C(=O)O. The van der Waals surface area contributed by atoms with Gasteiger partial charge in [0.25, 0.3) is 0 Å². The third-order valence-electron chi connectivity index (χ3n) is 5.25. The highest BCUT2D eigenvalue weighted by Crippen LogP contribution is 2.18. The molecule has 0 saturated carbocycles. The Bertz CT molecular complexity index is 1070. The number of benzene rings is 1. The van der Waals surface area contributed by atoms with Gasteiger partial charge in [-0.1, -0.05) is 18.2 Å². The molecule has 0 aliphatic rings. The lowest BCUT2D eigenvalue weighted by atomic mass is 10.0. The van der Waals surface area contributed by atoms with E-state index in [-0.39, 0.29) is 19.3 Å². The van der Waals surface area contributed by atoms with Gasteiger partial charge >= 0.3 is 5.97 Å². The number of fused-ring (bicyclic) bond motifs is 1. The number of carboxylic acid groups (broad SMARTS) is 1. The van der Waals surface area contributed by atoms with Gasteiger partial charge in [-0.3, -0.25) is 19.2 Å². The number of primary amides is 1. The molecule has 9 N–H and O–H groups in total.